The Morgan fingerprint density at radius 3 is 2.60 bits per heavy atom. The molecule has 2 heterocycles. The Kier molecular flexibility index (Phi) is 6.30. The summed E-state index contributed by atoms with van der Waals surface area (Å²) in [5.41, 5.74) is 2.88. The lowest BCUT2D eigenvalue weighted by Gasteiger charge is -2.32. The summed E-state index contributed by atoms with van der Waals surface area (Å²) in [5, 5.41) is 0. The molecule has 35 heavy (non-hydrogen) atoms. The molecule has 3 aromatic carbocycles. The van der Waals surface area contributed by atoms with Crippen molar-refractivity contribution in [3.8, 4) is 0 Å². The molecule has 0 spiro atoms. The Morgan fingerprint density at radius 2 is 1.83 bits per heavy atom. The number of rotatable bonds is 6. The van der Waals surface area contributed by atoms with Gasteiger partial charge in [0.15, 0.2) is 0 Å². The minimum absolute atomic E-state index is 0.111. The Labute approximate surface area is 205 Å². The van der Waals surface area contributed by atoms with Crippen LogP contribution in [0.2, 0.25) is 0 Å². The average molecular weight is 489 g/mol. The third-order valence-electron chi connectivity index (χ3n) is 6.50. The smallest absolute Gasteiger partial charge is 0.264 e. The monoisotopic (exact) mass is 488 g/mol. The number of carbonyl (C=O) groups is 1. The molecule has 5 rings (SSSR count). The second-order valence-electron chi connectivity index (χ2n) is 8.76. The maximum Gasteiger partial charge on any atom is 0.264 e. The minimum atomic E-state index is -3.81. The molecular weight excluding hydrogens is 460 g/mol. The lowest BCUT2D eigenvalue weighted by Crippen LogP contribution is -2.39. The number of carbonyl (C=O) groups excluding carboxylic acids is 1. The highest BCUT2D eigenvalue weighted by atomic mass is 32.2. The van der Waals surface area contributed by atoms with Crippen LogP contribution in [0.15, 0.2) is 83.8 Å². The molecule has 0 aliphatic carbocycles. The Morgan fingerprint density at radius 1 is 1.06 bits per heavy atom. The van der Waals surface area contributed by atoms with Crippen molar-refractivity contribution in [3.05, 3.63) is 90.3 Å². The fourth-order valence-corrected chi connectivity index (χ4v) is 6.26. The summed E-state index contributed by atoms with van der Waals surface area (Å²) in [6, 6.07) is 23.3. The van der Waals surface area contributed by atoms with Crippen molar-refractivity contribution in [2.75, 3.05) is 23.9 Å². The molecule has 7 nitrogen and oxygen atoms in total. The van der Waals surface area contributed by atoms with E-state index < -0.39 is 10.0 Å². The number of fused-ring (bicyclic) bond motifs is 1. The number of H-pyrrole nitrogens is 1. The van der Waals surface area contributed by atoms with E-state index in [4.69, 9.17) is 4.98 Å². The van der Waals surface area contributed by atoms with Crippen molar-refractivity contribution < 1.29 is 13.2 Å². The van der Waals surface area contributed by atoms with Gasteiger partial charge in [0.1, 0.15) is 5.82 Å². The number of hydrogen-bond acceptors (Lipinski definition) is 4. The number of aromatic nitrogens is 2. The van der Waals surface area contributed by atoms with Gasteiger partial charge in [0.05, 0.1) is 21.6 Å². The second-order valence-corrected chi connectivity index (χ2v) is 10.6. The highest BCUT2D eigenvalue weighted by molar-refractivity contribution is 7.92. The Hall–Kier alpha value is -3.65. The van der Waals surface area contributed by atoms with Gasteiger partial charge >= 0.3 is 0 Å². The first-order chi connectivity index (χ1) is 17.0. The van der Waals surface area contributed by atoms with Crippen LogP contribution in [0, 0.1) is 0 Å². The van der Waals surface area contributed by atoms with Gasteiger partial charge < -0.3 is 9.88 Å². The molecule has 1 unspecified atom stereocenters. The summed E-state index contributed by atoms with van der Waals surface area (Å²) in [6.07, 6.45) is 1.81. The quantitative estimate of drug-likeness (QED) is 0.422. The van der Waals surface area contributed by atoms with Crippen LogP contribution in [-0.2, 0) is 10.0 Å². The number of amides is 1. The van der Waals surface area contributed by atoms with Crippen LogP contribution in [0.3, 0.4) is 0 Å². The zero-order valence-corrected chi connectivity index (χ0v) is 20.4. The summed E-state index contributed by atoms with van der Waals surface area (Å²) in [6.45, 7) is 3.26. The normalized spacial score (nSPS) is 16.4. The standard InChI is InChI=1S/C27H28N4O3S/c1-2-31(22-12-4-3-5-13-22)35(33,34)23-14-8-10-20(18-23)27(32)30-17-9-11-21(19-30)26-28-24-15-6-7-16-25(24)29-26/h3-8,10,12-16,18,21H,2,9,11,17,19H2,1H3,(H,28,29). The van der Waals surface area contributed by atoms with Gasteiger partial charge in [-0.1, -0.05) is 36.4 Å². The fraction of sp³-hybridized carbons (Fsp3) is 0.259. The van der Waals surface area contributed by atoms with E-state index in [1.807, 2.05) is 47.4 Å². The van der Waals surface area contributed by atoms with E-state index in [-0.39, 0.29) is 23.3 Å². The highest BCUT2D eigenvalue weighted by Crippen LogP contribution is 2.29. The number of sulfonamides is 1. The molecule has 0 bridgehead atoms. The Balaban J connectivity index is 1.38. The summed E-state index contributed by atoms with van der Waals surface area (Å²) >= 11 is 0. The maximum absolute atomic E-state index is 13.4. The number of hydrogen-bond donors (Lipinski definition) is 1. The molecule has 1 aliphatic heterocycles. The van der Waals surface area contributed by atoms with Gasteiger partial charge in [-0.2, -0.15) is 0 Å². The van der Waals surface area contributed by atoms with Gasteiger partial charge in [-0.25, -0.2) is 13.4 Å². The lowest BCUT2D eigenvalue weighted by molar-refractivity contribution is 0.0704. The second kappa shape index (κ2) is 9.54. The predicted molar refractivity (Wildman–Crippen MR) is 137 cm³/mol. The molecule has 1 saturated heterocycles. The summed E-state index contributed by atoms with van der Waals surface area (Å²) < 4.78 is 28.2. The number of para-hydroxylation sites is 3. The SMILES string of the molecule is CCN(c1ccccc1)S(=O)(=O)c1cccc(C(=O)N2CCCC(c3nc4ccccc4[nH]3)C2)c1. The molecule has 1 fully saturated rings. The molecule has 1 amide bonds. The van der Waals surface area contributed by atoms with Crippen molar-refractivity contribution in [3.63, 3.8) is 0 Å². The van der Waals surface area contributed by atoms with Crippen LogP contribution in [0.4, 0.5) is 5.69 Å². The maximum atomic E-state index is 13.4. The number of piperidine rings is 1. The van der Waals surface area contributed by atoms with Crippen molar-refractivity contribution in [2.24, 2.45) is 0 Å². The number of aromatic amines is 1. The van der Waals surface area contributed by atoms with Gasteiger partial charge in [-0.3, -0.25) is 9.10 Å². The van der Waals surface area contributed by atoms with Gasteiger partial charge in [-0.05, 0) is 62.2 Å². The van der Waals surface area contributed by atoms with Crippen molar-refractivity contribution in [1.29, 1.82) is 0 Å². The van der Waals surface area contributed by atoms with E-state index in [0.29, 0.717) is 24.3 Å². The molecule has 1 atom stereocenters. The first kappa shape index (κ1) is 23.1. The first-order valence-electron chi connectivity index (χ1n) is 11.9. The van der Waals surface area contributed by atoms with Gasteiger partial charge in [-0.15, -0.1) is 0 Å². The van der Waals surface area contributed by atoms with E-state index in [9.17, 15) is 13.2 Å². The van der Waals surface area contributed by atoms with Crippen LogP contribution in [0.1, 0.15) is 41.9 Å². The molecule has 180 valence electrons. The summed E-state index contributed by atoms with van der Waals surface area (Å²) in [7, 11) is -3.81. The number of benzene rings is 3. The molecule has 1 N–H and O–H groups in total. The first-order valence-corrected chi connectivity index (χ1v) is 13.3. The van der Waals surface area contributed by atoms with E-state index in [2.05, 4.69) is 4.98 Å². The molecule has 8 heteroatoms. The van der Waals surface area contributed by atoms with Gasteiger partial charge in [0.25, 0.3) is 15.9 Å². The van der Waals surface area contributed by atoms with E-state index in [1.165, 1.54) is 10.4 Å². The van der Waals surface area contributed by atoms with Crippen molar-refractivity contribution in [2.45, 2.75) is 30.6 Å². The molecule has 1 aliphatic rings. The highest BCUT2D eigenvalue weighted by Gasteiger charge is 2.29. The number of nitrogens with zero attached hydrogens (tertiary/aromatic N) is 3. The largest absolute Gasteiger partial charge is 0.342 e. The molecule has 4 aromatic rings. The predicted octanol–water partition coefficient (Wildman–Crippen LogP) is 4.80. The third-order valence-corrected chi connectivity index (χ3v) is 8.40. The number of anilines is 1. The zero-order chi connectivity index (χ0) is 24.4. The molecule has 1 aromatic heterocycles. The number of imidazole rings is 1. The number of nitrogens with one attached hydrogen (secondary N) is 1. The van der Waals surface area contributed by atoms with E-state index >= 15 is 0 Å². The Bertz CT molecular complexity index is 1420. The van der Waals surface area contributed by atoms with Crippen LogP contribution in [0.5, 0.6) is 0 Å². The minimum Gasteiger partial charge on any atom is -0.342 e. The summed E-state index contributed by atoms with van der Waals surface area (Å²) in [5.74, 6) is 0.841. The van der Waals surface area contributed by atoms with Crippen molar-refractivity contribution >= 4 is 32.7 Å². The molecule has 0 radical (unpaired) electrons. The van der Waals surface area contributed by atoms with E-state index in [1.54, 1.807) is 37.3 Å². The third kappa shape index (κ3) is 4.53. The van der Waals surface area contributed by atoms with Crippen LogP contribution >= 0.6 is 0 Å². The fourth-order valence-electron chi connectivity index (χ4n) is 4.74. The van der Waals surface area contributed by atoms with Crippen LogP contribution < -0.4 is 4.31 Å². The van der Waals surface area contributed by atoms with Gasteiger partial charge in [0.2, 0.25) is 0 Å². The summed E-state index contributed by atoms with van der Waals surface area (Å²) in [4.78, 5) is 23.5. The van der Waals surface area contributed by atoms with Crippen molar-refractivity contribution in [1.82, 2.24) is 14.9 Å². The van der Waals surface area contributed by atoms with Gasteiger partial charge in [0, 0.05) is 31.1 Å². The van der Waals surface area contributed by atoms with Crippen LogP contribution in [-0.4, -0.2) is 48.8 Å². The number of likely N-dealkylation sites (tertiary alicyclic amines) is 1. The topological polar surface area (TPSA) is 86.4 Å². The van der Waals surface area contributed by atoms with E-state index in [0.717, 1.165) is 29.7 Å². The zero-order valence-electron chi connectivity index (χ0n) is 19.6. The lowest BCUT2D eigenvalue weighted by atomic mass is 9.96. The average Bonchev–Trinajstić information content (AvgIpc) is 3.34. The molecule has 0 saturated carbocycles. The molecular formula is C27H28N4O3S. The van der Waals surface area contributed by atoms with Crippen LogP contribution in [0.25, 0.3) is 11.0 Å².